The Balaban J connectivity index is 1.37. The molecule has 1 aliphatic heterocycles. The largest absolute Gasteiger partial charge is 0.497 e. The number of aromatic nitrogens is 1. The molecule has 35 heavy (non-hydrogen) atoms. The maximum absolute atomic E-state index is 5.33. The molecule has 2 aromatic rings. The highest BCUT2D eigenvalue weighted by atomic mass is 32.2. The van der Waals surface area contributed by atoms with Crippen LogP contribution < -0.4 is 26.0 Å². The minimum absolute atomic E-state index is 0.512. The van der Waals surface area contributed by atoms with E-state index in [0.29, 0.717) is 24.2 Å². The van der Waals surface area contributed by atoms with E-state index >= 15 is 0 Å². The fourth-order valence-corrected chi connectivity index (χ4v) is 6.80. The molecular weight excluding hydrogens is 454 g/mol. The molecule has 2 fully saturated rings. The molecule has 0 saturated heterocycles. The highest BCUT2D eigenvalue weighted by Crippen LogP contribution is 2.30. The zero-order valence-electron chi connectivity index (χ0n) is 21.0. The first kappa shape index (κ1) is 25.0. The van der Waals surface area contributed by atoms with Gasteiger partial charge in [0.05, 0.1) is 18.5 Å². The molecule has 2 unspecified atom stereocenters. The Morgan fingerprint density at radius 1 is 0.686 bits per heavy atom. The third kappa shape index (κ3) is 6.98. The van der Waals surface area contributed by atoms with Gasteiger partial charge in [0.25, 0.3) is 0 Å². The van der Waals surface area contributed by atoms with Crippen LogP contribution in [0.3, 0.4) is 0 Å². The van der Waals surface area contributed by atoms with E-state index in [-0.39, 0.29) is 0 Å². The van der Waals surface area contributed by atoms with Crippen LogP contribution in [0.5, 0.6) is 5.75 Å². The van der Waals surface area contributed by atoms with Crippen LogP contribution >= 0.6 is 11.8 Å². The number of methoxy groups -OCH3 is 1. The summed E-state index contributed by atoms with van der Waals surface area (Å²) in [6.45, 7) is 3.72. The lowest BCUT2D eigenvalue weighted by molar-refractivity contribution is 0.266. The van der Waals surface area contributed by atoms with E-state index in [1.807, 2.05) is 12.1 Å². The van der Waals surface area contributed by atoms with Crippen molar-refractivity contribution in [3.8, 4) is 5.75 Å². The van der Waals surface area contributed by atoms with E-state index in [1.54, 1.807) is 18.9 Å². The number of ether oxygens (including phenoxy) is 1. The summed E-state index contributed by atoms with van der Waals surface area (Å²) in [6.07, 6.45) is 10.3. The fourth-order valence-electron chi connectivity index (χ4n) is 5.86. The Kier molecular flexibility index (Phi) is 8.97. The molecule has 3 aliphatic rings. The Morgan fingerprint density at radius 2 is 1.17 bits per heavy atom. The van der Waals surface area contributed by atoms with E-state index in [2.05, 4.69) is 45.5 Å². The first-order valence-electron chi connectivity index (χ1n) is 13.5. The van der Waals surface area contributed by atoms with Gasteiger partial charge < -0.3 is 26.0 Å². The summed E-state index contributed by atoms with van der Waals surface area (Å²) in [7, 11) is 1.71. The second-order valence-electron chi connectivity index (χ2n) is 10.2. The van der Waals surface area contributed by atoms with Gasteiger partial charge in [0.15, 0.2) is 0 Å². The Hall–Kier alpha value is -1.64. The summed E-state index contributed by atoms with van der Waals surface area (Å²) in [5.41, 5.74) is 2.27. The third-order valence-electron chi connectivity index (χ3n) is 7.76. The smallest absolute Gasteiger partial charge is 0.118 e. The van der Waals surface area contributed by atoms with Crippen molar-refractivity contribution in [3.63, 3.8) is 0 Å². The average molecular weight is 496 g/mol. The van der Waals surface area contributed by atoms with Gasteiger partial charge in [0.2, 0.25) is 0 Å². The molecule has 4 atom stereocenters. The monoisotopic (exact) mass is 495 g/mol. The normalized spacial score (nSPS) is 28.1. The van der Waals surface area contributed by atoms with Crippen LogP contribution in [0.25, 0.3) is 0 Å². The maximum atomic E-state index is 5.33. The van der Waals surface area contributed by atoms with Gasteiger partial charge in [0, 0.05) is 60.1 Å². The number of fused-ring (bicyclic) bond motifs is 4. The van der Waals surface area contributed by atoms with Gasteiger partial charge >= 0.3 is 0 Å². The van der Waals surface area contributed by atoms with Gasteiger partial charge in [-0.15, -0.1) is 0 Å². The lowest BCUT2D eigenvalue weighted by Gasteiger charge is -2.34. The van der Waals surface area contributed by atoms with Crippen molar-refractivity contribution < 1.29 is 4.74 Å². The number of nitrogens with one attached hydrogen (secondary N) is 4. The second kappa shape index (κ2) is 12.5. The van der Waals surface area contributed by atoms with E-state index in [4.69, 9.17) is 9.72 Å². The van der Waals surface area contributed by atoms with Gasteiger partial charge in [0.1, 0.15) is 5.75 Å². The molecule has 2 saturated carbocycles. The molecule has 0 amide bonds. The molecule has 6 nitrogen and oxygen atoms in total. The summed E-state index contributed by atoms with van der Waals surface area (Å²) in [5.74, 6) is 0.891. The molecule has 2 aliphatic carbocycles. The molecule has 1 aromatic carbocycles. The summed E-state index contributed by atoms with van der Waals surface area (Å²) < 4.78 is 5.33. The molecule has 4 N–H and O–H groups in total. The molecule has 7 heteroatoms. The Bertz CT molecular complexity index is 891. The van der Waals surface area contributed by atoms with Crippen LogP contribution in [0.15, 0.2) is 46.2 Å². The van der Waals surface area contributed by atoms with Crippen molar-refractivity contribution in [1.29, 1.82) is 0 Å². The highest BCUT2D eigenvalue weighted by Gasteiger charge is 2.27. The van der Waals surface area contributed by atoms with Crippen LogP contribution in [0.2, 0.25) is 0 Å². The number of rotatable bonds is 3. The minimum atomic E-state index is 0.512. The quantitative estimate of drug-likeness (QED) is 0.508. The number of benzene rings is 1. The lowest BCUT2D eigenvalue weighted by Crippen LogP contribution is -2.53. The van der Waals surface area contributed by atoms with E-state index in [9.17, 15) is 0 Å². The average Bonchev–Trinajstić information content (AvgIpc) is 2.90. The predicted molar refractivity (Wildman–Crippen MR) is 143 cm³/mol. The standard InChI is InChI=1S/C28H41N5OS/c1-34-22-10-12-23(13-11-22)35-24-16-20-18-31-27-8-4-2-6-25(27)29-14-15-30-26-7-3-5-9-28(26)32-19-21(17-24)33-20/h10-13,16-17,25-32H,2-9,14-15,18-19H2,1H3/t25-,26?,27-,28?/m1/s1. The lowest BCUT2D eigenvalue weighted by atomic mass is 9.89. The van der Waals surface area contributed by atoms with Crippen LogP contribution in [0.4, 0.5) is 0 Å². The Labute approximate surface area is 214 Å². The van der Waals surface area contributed by atoms with E-state index < -0.39 is 0 Å². The SMILES string of the molecule is COc1ccc(Sc2cc3nc(c2)CN[C@@H]2CCCC[C@H]2NCCNC2CCCCC2NC3)cc1. The van der Waals surface area contributed by atoms with Gasteiger partial charge in [-0.05, 0) is 62.1 Å². The summed E-state index contributed by atoms with van der Waals surface area (Å²) >= 11 is 1.80. The molecule has 0 spiro atoms. The molecular formula is C28H41N5OS. The van der Waals surface area contributed by atoms with Crippen LogP contribution in [-0.2, 0) is 13.1 Å². The fraction of sp³-hybridized carbons (Fsp3) is 0.607. The van der Waals surface area contributed by atoms with Crippen molar-refractivity contribution in [2.45, 2.75) is 98.4 Å². The van der Waals surface area contributed by atoms with Gasteiger partial charge in [-0.25, -0.2) is 0 Å². The predicted octanol–water partition coefficient (Wildman–Crippen LogP) is 4.24. The maximum Gasteiger partial charge on any atom is 0.118 e. The van der Waals surface area contributed by atoms with E-state index in [0.717, 1.165) is 43.3 Å². The first-order chi connectivity index (χ1) is 17.3. The van der Waals surface area contributed by atoms with Gasteiger partial charge in [-0.2, -0.15) is 0 Å². The third-order valence-corrected chi connectivity index (χ3v) is 8.74. The van der Waals surface area contributed by atoms with E-state index in [1.165, 1.54) is 61.2 Å². The molecule has 5 rings (SSSR count). The molecule has 2 heterocycles. The zero-order valence-corrected chi connectivity index (χ0v) is 21.8. The minimum Gasteiger partial charge on any atom is -0.497 e. The number of hydrogen-bond acceptors (Lipinski definition) is 7. The molecule has 1 aromatic heterocycles. The molecule has 190 valence electrons. The first-order valence-corrected chi connectivity index (χ1v) is 14.3. The van der Waals surface area contributed by atoms with Crippen LogP contribution in [0.1, 0.15) is 62.8 Å². The Morgan fingerprint density at radius 3 is 1.66 bits per heavy atom. The molecule has 0 radical (unpaired) electrons. The topological polar surface area (TPSA) is 70.2 Å². The van der Waals surface area contributed by atoms with Crippen molar-refractivity contribution in [3.05, 3.63) is 47.8 Å². The van der Waals surface area contributed by atoms with Crippen molar-refractivity contribution >= 4 is 11.8 Å². The highest BCUT2D eigenvalue weighted by molar-refractivity contribution is 7.99. The summed E-state index contributed by atoms with van der Waals surface area (Å²) in [6, 6.07) is 15.0. The van der Waals surface area contributed by atoms with Gasteiger partial charge in [-0.1, -0.05) is 37.4 Å². The van der Waals surface area contributed by atoms with Crippen molar-refractivity contribution in [1.82, 2.24) is 26.3 Å². The van der Waals surface area contributed by atoms with Crippen LogP contribution in [0, 0.1) is 0 Å². The van der Waals surface area contributed by atoms with Gasteiger partial charge in [-0.3, -0.25) is 4.98 Å². The number of pyridine rings is 1. The summed E-state index contributed by atoms with van der Waals surface area (Å²) in [4.78, 5) is 7.56. The second-order valence-corrected chi connectivity index (χ2v) is 11.4. The zero-order chi connectivity index (χ0) is 23.9. The molecule has 2 bridgehead atoms. The number of nitrogens with zero attached hydrogens (tertiary/aromatic N) is 1. The van der Waals surface area contributed by atoms with Crippen molar-refractivity contribution in [2.24, 2.45) is 0 Å². The summed E-state index contributed by atoms with van der Waals surface area (Å²) in [5, 5.41) is 15.5. The number of hydrogen-bond donors (Lipinski definition) is 4. The van der Waals surface area contributed by atoms with Crippen LogP contribution in [-0.4, -0.2) is 49.4 Å². The van der Waals surface area contributed by atoms with Crippen molar-refractivity contribution in [2.75, 3.05) is 20.2 Å².